The number of carboxylic acid groups (broad SMARTS) is 1. The molecule has 0 spiro atoms. The molecule has 0 aliphatic heterocycles. The van der Waals surface area contributed by atoms with Crippen molar-refractivity contribution >= 4 is 23.3 Å². The van der Waals surface area contributed by atoms with Crippen LogP contribution >= 0.6 is 11.3 Å². The Balaban J connectivity index is 1.86. The summed E-state index contributed by atoms with van der Waals surface area (Å²) in [7, 11) is 0. The van der Waals surface area contributed by atoms with E-state index in [2.05, 4.69) is 15.6 Å². The number of aromatic nitrogens is 1. The predicted molar refractivity (Wildman–Crippen MR) is 70.9 cm³/mol. The number of rotatable bonds is 5. The fraction of sp³-hybridized carbons (Fsp3) is 0.583. The number of hydrogen-bond acceptors (Lipinski definition) is 4. The highest BCUT2D eigenvalue weighted by Crippen LogP contribution is 2.32. The summed E-state index contributed by atoms with van der Waals surface area (Å²) in [5.74, 6) is -0.873. The van der Waals surface area contributed by atoms with Gasteiger partial charge >= 0.3 is 12.0 Å². The van der Waals surface area contributed by atoms with Crippen LogP contribution in [0.2, 0.25) is 0 Å². The molecule has 1 aromatic heterocycles. The van der Waals surface area contributed by atoms with E-state index in [0.29, 0.717) is 6.54 Å². The lowest BCUT2D eigenvalue weighted by Gasteiger charge is -2.28. The quantitative estimate of drug-likeness (QED) is 0.767. The SMILES string of the molecule is O=C(O)CC1(NC(=O)NCc2cscn2)CCCC1. The van der Waals surface area contributed by atoms with Gasteiger partial charge in [0.1, 0.15) is 0 Å². The van der Waals surface area contributed by atoms with Gasteiger partial charge in [0, 0.05) is 5.38 Å². The summed E-state index contributed by atoms with van der Waals surface area (Å²) < 4.78 is 0. The second kappa shape index (κ2) is 6.01. The van der Waals surface area contributed by atoms with E-state index >= 15 is 0 Å². The smallest absolute Gasteiger partial charge is 0.315 e. The van der Waals surface area contributed by atoms with Gasteiger partial charge < -0.3 is 15.7 Å². The van der Waals surface area contributed by atoms with E-state index in [0.717, 1.165) is 31.4 Å². The Morgan fingerprint density at radius 1 is 1.42 bits per heavy atom. The van der Waals surface area contributed by atoms with Crippen LogP contribution in [0.25, 0.3) is 0 Å². The summed E-state index contributed by atoms with van der Waals surface area (Å²) in [6, 6.07) is -0.323. The lowest BCUT2D eigenvalue weighted by atomic mass is 9.93. The van der Waals surface area contributed by atoms with Crippen molar-refractivity contribution in [1.29, 1.82) is 0 Å². The summed E-state index contributed by atoms with van der Waals surface area (Å²) >= 11 is 1.47. The van der Waals surface area contributed by atoms with Gasteiger partial charge in [0.15, 0.2) is 0 Å². The maximum Gasteiger partial charge on any atom is 0.315 e. The van der Waals surface area contributed by atoms with Crippen molar-refractivity contribution in [3.05, 3.63) is 16.6 Å². The van der Waals surface area contributed by atoms with Gasteiger partial charge in [0.05, 0.1) is 29.7 Å². The highest BCUT2D eigenvalue weighted by atomic mass is 32.1. The molecule has 0 atom stereocenters. The Labute approximate surface area is 115 Å². The summed E-state index contributed by atoms with van der Waals surface area (Å²) in [6.45, 7) is 0.360. The molecule has 7 heteroatoms. The molecule has 6 nitrogen and oxygen atoms in total. The van der Waals surface area contributed by atoms with Crippen LogP contribution in [-0.2, 0) is 11.3 Å². The van der Waals surface area contributed by atoms with E-state index in [1.807, 2.05) is 5.38 Å². The van der Waals surface area contributed by atoms with E-state index in [1.165, 1.54) is 11.3 Å². The van der Waals surface area contributed by atoms with E-state index in [-0.39, 0.29) is 12.5 Å². The third kappa shape index (κ3) is 3.92. The number of thiazole rings is 1. The molecule has 1 heterocycles. The number of hydrogen-bond donors (Lipinski definition) is 3. The third-order valence-electron chi connectivity index (χ3n) is 3.34. The molecule has 104 valence electrons. The Morgan fingerprint density at radius 3 is 2.74 bits per heavy atom. The number of amides is 2. The van der Waals surface area contributed by atoms with Crippen molar-refractivity contribution in [3.63, 3.8) is 0 Å². The van der Waals surface area contributed by atoms with Crippen molar-refractivity contribution in [2.45, 2.75) is 44.2 Å². The Morgan fingerprint density at radius 2 is 2.16 bits per heavy atom. The zero-order valence-electron chi connectivity index (χ0n) is 10.5. The Bertz CT molecular complexity index is 441. The first-order valence-corrected chi connectivity index (χ1v) is 7.19. The molecule has 3 N–H and O–H groups in total. The van der Waals surface area contributed by atoms with Crippen LogP contribution in [0, 0.1) is 0 Å². The predicted octanol–water partition coefficient (Wildman–Crippen LogP) is 1.73. The largest absolute Gasteiger partial charge is 0.481 e. The van der Waals surface area contributed by atoms with Gasteiger partial charge in [0.25, 0.3) is 0 Å². The highest BCUT2D eigenvalue weighted by molar-refractivity contribution is 7.07. The maximum absolute atomic E-state index is 11.8. The molecule has 2 rings (SSSR count). The van der Waals surface area contributed by atoms with Crippen LogP contribution in [-0.4, -0.2) is 27.6 Å². The van der Waals surface area contributed by atoms with Crippen molar-refractivity contribution in [3.8, 4) is 0 Å². The van der Waals surface area contributed by atoms with Gasteiger partial charge in [-0.15, -0.1) is 11.3 Å². The average Bonchev–Trinajstić information content (AvgIpc) is 2.97. The minimum atomic E-state index is -0.873. The molecule has 0 unspecified atom stereocenters. The van der Waals surface area contributed by atoms with Gasteiger partial charge in [-0.05, 0) is 12.8 Å². The second-order valence-electron chi connectivity index (χ2n) is 4.85. The van der Waals surface area contributed by atoms with Crippen LogP contribution in [0.15, 0.2) is 10.9 Å². The number of aliphatic carboxylic acids is 1. The minimum Gasteiger partial charge on any atom is -0.481 e. The summed E-state index contributed by atoms with van der Waals surface area (Å²) in [5, 5.41) is 16.4. The number of carbonyl (C=O) groups excluding carboxylic acids is 1. The molecule has 2 amide bonds. The van der Waals surface area contributed by atoms with E-state index < -0.39 is 11.5 Å². The lowest BCUT2D eigenvalue weighted by Crippen LogP contribution is -2.51. The normalized spacial score (nSPS) is 17.1. The first-order chi connectivity index (χ1) is 9.10. The summed E-state index contributed by atoms with van der Waals surface area (Å²) in [6.07, 6.45) is 3.35. The number of nitrogens with zero attached hydrogens (tertiary/aromatic N) is 1. The molecule has 19 heavy (non-hydrogen) atoms. The molecular weight excluding hydrogens is 266 g/mol. The zero-order chi connectivity index (χ0) is 13.7. The van der Waals surface area contributed by atoms with Crippen molar-refractivity contribution < 1.29 is 14.7 Å². The van der Waals surface area contributed by atoms with E-state index in [9.17, 15) is 9.59 Å². The fourth-order valence-electron chi connectivity index (χ4n) is 2.47. The van der Waals surface area contributed by atoms with Gasteiger partial charge in [-0.3, -0.25) is 4.79 Å². The number of carboxylic acids is 1. The van der Waals surface area contributed by atoms with Crippen LogP contribution in [0.1, 0.15) is 37.8 Å². The van der Waals surface area contributed by atoms with Gasteiger partial charge in [-0.1, -0.05) is 12.8 Å². The van der Waals surface area contributed by atoms with Crippen LogP contribution in [0.4, 0.5) is 4.79 Å². The summed E-state index contributed by atoms with van der Waals surface area (Å²) in [5.41, 5.74) is 1.93. The molecule has 0 aromatic carbocycles. The van der Waals surface area contributed by atoms with Gasteiger partial charge in [-0.25, -0.2) is 9.78 Å². The lowest BCUT2D eigenvalue weighted by molar-refractivity contribution is -0.138. The molecule has 0 bridgehead atoms. The Kier molecular flexibility index (Phi) is 4.36. The first-order valence-electron chi connectivity index (χ1n) is 6.25. The Hall–Kier alpha value is -1.63. The highest BCUT2D eigenvalue weighted by Gasteiger charge is 2.37. The fourth-order valence-corrected chi connectivity index (χ4v) is 3.03. The molecule has 0 radical (unpaired) electrons. The van der Waals surface area contributed by atoms with Crippen LogP contribution < -0.4 is 10.6 Å². The van der Waals surface area contributed by atoms with Crippen LogP contribution in [0.3, 0.4) is 0 Å². The molecule has 1 fully saturated rings. The van der Waals surface area contributed by atoms with Gasteiger partial charge in [0.2, 0.25) is 0 Å². The monoisotopic (exact) mass is 283 g/mol. The number of carbonyl (C=O) groups is 2. The third-order valence-corrected chi connectivity index (χ3v) is 3.98. The molecular formula is C12H17N3O3S. The number of nitrogens with one attached hydrogen (secondary N) is 2. The zero-order valence-corrected chi connectivity index (χ0v) is 11.3. The molecule has 0 saturated heterocycles. The van der Waals surface area contributed by atoms with Crippen molar-refractivity contribution in [2.75, 3.05) is 0 Å². The molecule has 1 saturated carbocycles. The standard InChI is InChI=1S/C12H17N3O3S/c16-10(17)5-12(3-1-2-4-12)15-11(18)13-6-9-7-19-8-14-9/h7-8H,1-6H2,(H,16,17)(H2,13,15,18). The topological polar surface area (TPSA) is 91.3 Å². The van der Waals surface area contributed by atoms with E-state index in [1.54, 1.807) is 5.51 Å². The van der Waals surface area contributed by atoms with Crippen LogP contribution in [0.5, 0.6) is 0 Å². The van der Waals surface area contributed by atoms with Crippen molar-refractivity contribution in [2.24, 2.45) is 0 Å². The average molecular weight is 283 g/mol. The number of urea groups is 1. The summed E-state index contributed by atoms with van der Waals surface area (Å²) in [4.78, 5) is 26.8. The van der Waals surface area contributed by atoms with E-state index in [4.69, 9.17) is 5.11 Å². The maximum atomic E-state index is 11.8. The second-order valence-corrected chi connectivity index (χ2v) is 5.56. The molecule has 1 aliphatic rings. The molecule has 1 aliphatic carbocycles. The van der Waals surface area contributed by atoms with Crippen molar-refractivity contribution in [1.82, 2.24) is 15.6 Å². The minimum absolute atomic E-state index is 0.0167. The first kappa shape index (κ1) is 13.8. The molecule has 1 aromatic rings. The van der Waals surface area contributed by atoms with Gasteiger partial charge in [-0.2, -0.15) is 0 Å².